The number of esters is 1. The summed E-state index contributed by atoms with van der Waals surface area (Å²) in [6.07, 6.45) is 2.25. The van der Waals surface area contributed by atoms with Gasteiger partial charge in [-0.1, -0.05) is 6.42 Å². The molecule has 1 fully saturated rings. The molecule has 35 heavy (non-hydrogen) atoms. The van der Waals surface area contributed by atoms with Crippen molar-refractivity contribution in [3.8, 4) is 0 Å². The van der Waals surface area contributed by atoms with Crippen molar-refractivity contribution in [1.82, 2.24) is 0 Å². The minimum atomic E-state index is -3.95. The summed E-state index contributed by atoms with van der Waals surface area (Å²) in [4.78, 5) is 38.1. The van der Waals surface area contributed by atoms with Crippen LogP contribution in [0.25, 0.3) is 0 Å². The van der Waals surface area contributed by atoms with Crippen molar-refractivity contribution >= 4 is 50.7 Å². The summed E-state index contributed by atoms with van der Waals surface area (Å²) >= 11 is 0. The number of amidine groups is 1. The minimum absolute atomic E-state index is 0.0140. The second-order valence-electron chi connectivity index (χ2n) is 8.42. The van der Waals surface area contributed by atoms with Crippen LogP contribution in [-0.2, 0) is 24.3 Å². The lowest BCUT2D eigenvalue weighted by Crippen LogP contribution is -2.35. The van der Waals surface area contributed by atoms with Gasteiger partial charge >= 0.3 is 5.97 Å². The van der Waals surface area contributed by atoms with Crippen molar-refractivity contribution in [2.24, 2.45) is 4.40 Å². The molecule has 2 aliphatic rings. The van der Waals surface area contributed by atoms with Crippen LogP contribution in [0.5, 0.6) is 0 Å². The highest BCUT2D eigenvalue weighted by atomic mass is 32.2. The second kappa shape index (κ2) is 9.87. The standard InChI is InChI=1S/C24H26N4O6S/c1-15(23(30)26-19-10-8-18(9-11-19)25-16(2)29)34-24(31)17-7-12-20-21(14-17)35(32,33)27-22-6-4-3-5-13-28(20)22/h7-12,14-15H,3-6,13H2,1-2H3,(H,25,29)(H,26,30). The molecule has 0 aliphatic carbocycles. The van der Waals surface area contributed by atoms with Gasteiger partial charge in [0, 0.05) is 31.3 Å². The largest absolute Gasteiger partial charge is 0.449 e. The van der Waals surface area contributed by atoms with Gasteiger partial charge in [-0.25, -0.2) is 4.79 Å². The van der Waals surface area contributed by atoms with Crippen LogP contribution in [0, 0.1) is 0 Å². The number of hydrogen-bond donors (Lipinski definition) is 2. The lowest BCUT2D eigenvalue weighted by Gasteiger charge is -2.29. The van der Waals surface area contributed by atoms with E-state index in [1.165, 1.54) is 26.0 Å². The second-order valence-corrected chi connectivity index (χ2v) is 10.00. The number of rotatable bonds is 5. The van der Waals surface area contributed by atoms with E-state index in [4.69, 9.17) is 4.74 Å². The lowest BCUT2D eigenvalue weighted by molar-refractivity contribution is -0.123. The van der Waals surface area contributed by atoms with Gasteiger partial charge in [0.05, 0.1) is 11.3 Å². The van der Waals surface area contributed by atoms with Gasteiger partial charge in [-0.05, 0) is 62.2 Å². The van der Waals surface area contributed by atoms with Gasteiger partial charge in [-0.3, -0.25) is 9.59 Å². The third-order valence-corrected chi connectivity index (χ3v) is 7.04. The molecule has 4 rings (SSSR count). The molecule has 2 N–H and O–H groups in total. The lowest BCUT2D eigenvalue weighted by atomic mass is 10.1. The van der Waals surface area contributed by atoms with E-state index in [0.29, 0.717) is 35.9 Å². The Hall–Kier alpha value is -3.73. The normalized spacial score (nSPS) is 17.1. The molecular weight excluding hydrogens is 472 g/mol. The van der Waals surface area contributed by atoms with Gasteiger partial charge in [-0.2, -0.15) is 8.42 Å². The van der Waals surface area contributed by atoms with Crippen molar-refractivity contribution in [3.63, 3.8) is 0 Å². The van der Waals surface area contributed by atoms with E-state index < -0.39 is 28.0 Å². The fourth-order valence-electron chi connectivity index (χ4n) is 3.97. The molecule has 184 valence electrons. The highest BCUT2D eigenvalue weighted by molar-refractivity contribution is 7.90. The van der Waals surface area contributed by atoms with Crippen LogP contribution in [0.3, 0.4) is 0 Å². The number of carbonyl (C=O) groups is 3. The van der Waals surface area contributed by atoms with Gasteiger partial charge in [0.2, 0.25) is 5.91 Å². The van der Waals surface area contributed by atoms with Crippen LogP contribution in [0.1, 0.15) is 49.9 Å². The number of benzene rings is 2. The molecule has 2 aliphatic heterocycles. The Morgan fingerprint density at radius 3 is 2.37 bits per heavy atom. The first-order chi connectivity index (χ1) is 16.6. The number of carbonyl (C=O) groups excluding carboxylic acids is 3. The molecule has 1 saturated heterocycles. The summed E-state index contributed by atoms with van der Waals surface area (Å²) in [5, 5.41) is 5.25. The van der Waals surface area contributed by atoms with E-state index in [1.807, 2.05) is 4.90 Å². The van der Waals surface area contributed by atoms with E-state index in [1.54, 1.807) is 30.3 Å². The molecule has 2 amide bonds. The number of hydrogen-bond acceptors (Lipinski definition) is 7. The maximum Gasteiger partial charge on any atom is 0.338 e. The summed E-state index contributed by atoms with van der Waals surface area (Å²) in [6, 6.07) is 10.8. The van der Waals surface area contributed by atoms with Gasteiger partial charge in [0.25, 0.3) is 15.9 Å². The minimum Gasteiger partial charge on any atom is -0.449 e. The topological polar surface area (TPSA) is 134 Å². The van der Waals surface area contributed by atoms with Crippen molar-refractivity contribution in [1.29, 1.82) is 0 Å². The molecule has 1 atom stereocenters. The van der Waals surface area contributed by atoms with E-state index in [9.17, 15) is 22.8 Å². The van der Waals surface area contributed by atoms with Gasteiger partial charge in [0.15, 0.2) is 6.10 Å². The summed E-state index contributed by atoms with van der Waals surface area (Å²) in [6.45, 7) is 3.47. The van der Waals surface area contributed by atoms with E-state index in [0.717, 1.165) is 19.3 Å². The number of fused-ring (bicyclic) bond motifs is 3. The number of ether oxygens (including phenoxy) is 1. The third kappa shape index (κ3) is 5.51. The summed E-state index contributed by atoms with van der Waals surface area (Å²) in [7, 11) is -3.95. The van der Waals surface area contributed by atoms with Crippen molar-refractivity contribution in [3.05, 3.63) is 48.0 Å². The maximum atomic E-state index is 12.8. The predicted octanol–water partition coefficient (Wildman–Crippen LogP) is 3.31. The number of anilines is 3. The van der Waals surface area contributed by atoms with Crippen LogP contribution >= 0.6 is 0 Å². The maximum absolute atomic E-state index is 12.8. The highest BCUT2D eigenvalue weighted by Crippen LogP contribution is 2.35. The first-order valence-corrected chi connectivity index (χ1v) is 12.7. The molecule has 11 heteroatoms. The van der Waals surface area contributed by atoms with Crippen molar-refractivity contribution in [2.45, 2.75) is 50.5 Å². The Labute approximate surface area is 203 Å². The fourth-order valence-corrected chi connectivity index (χ4v) is 5.26. The molecular formula is C24H26N4O6S. The van der Waals surface area contributed by atoms with Crippen molar-refractivity contribution < 1.29 is 27.5 Å². The molecule has 1 unspecified atom stereocenters. The number of nitrogens with one attached hydrogen (secondary N) is 2. The van der Waals surface area contributed by atoms with Crippen molar-refractivity contribution in [2.75, 3.05) is 22.1 Å². The average Bonchev–Trinajstić information content (AvgIpc) is 3.04. The Morgan fingerprint density at radius 2 is 1.69 bits per heavy atom. The molecule has 2 aromatic carbocycles. The molecule has 0 radical (unpaired) electrons. The zero-order chi connectivity index (χ0) is 25.2. The van der Waals surface area contributed by atoms with Gasteiger partial charge in [-0.15, -0.1) is 4.40 Å². The number of nitrogens with zero attached hydrogens (tertiary/aromatic N) is 2. The smallest absolute Gasteiger partial charge is 0.338 e. The quantitative estimate of drug-likeness (QED) is 0.604. The summed E-state index contributed by atoms with van der Waals surface area (Å²) < 4.78 is 34.8. The van der Waals surface area contributed by atoms with E-state index in [2.05, 4.69) is 15.0 Å². The third-order valence-electron chi connectivity index (χ3n) is 5.71. The van der Waals surface area contributed by atoms with Crippen LogP contribution in [0.15, 0.2) is 51.8 Å². The van der Waals surface area contributed by atoms with Crippen LogP contribution in [0.2, 0.25) is 0 Å². The highest BCUT2D eigenvalue weighted by Gasteiger charge is 2.32. The number of sulfonamides is 1. The first kappa shape index (κ1) is 24.4. The van der Waals surface area contributed by atoms with Crippen LogP contribution in [-0.4, -0.2) is 44.7 Å². The predicted molar refractivity (Wildman–Crippen MR) is 131 cm³/mol. The van der Waals surface area contributed by atoms with E-state index >= 15 is 0 Å². The molecule has 2 heterocycles. The van der Waals surface area contributed by atoms with Crippen LogP contribution in [0.4, 0.5) is 17.1 Å². The first-order valence-electron chi connectivity index (χ1n) is 11.3. The Kier molecular flexibility index (Phi) is 6.88. The zero-order valence-corrected chi connectivity index (χ0v) is 20.2. The average molecular weight is 499 g/mol. The molecule has 0 bridgehead atoms. The molecule has 10 nitrogen and oxygen atoms in total. The monoisotopic (exact) mass is 498 g/mol. The molecule has 0 saturated carbocycles. The molecule has 0 aromatic heterocycles. The summed E-state index contributed by atoms with van der Waals surface area (Å²) in [5.41, 5.74) is 1.55. The SMILES string of the molecule is CC(=O)Nc1ccc(NC(=O)C(C)OC(=O)c2ccc3c(c2)S(=O)(=O)N=C2CCCCCN23)cc1. The summed E-state index contributed by atoms with van der Waals surface area (Å²) in [5.74, 6) is -1.07. The van der Waals surface area contributed by atoms with Gasteiger partial charge < -0.3 is 20.3 Å². The Bertz CT molecular complexity index is 1300. The number of amides is 2. The van der Waals surface area contributed by atoms with Crippen LogP contribution < -0.4 is 15.5 Å². The Morgan fingerprint density at radius 1 is 1.00 bits per heavy atom. The molecule has 0 spiro atoms. The Balaban J connectivity index is 1.45. The fraction of sp³-hybridized carbons (Fsp3) is 0.333. The van der Waals surface area contributed by atoms with E-state index in [-0.39, 0.29) is 16.4 Å². The molecule has 2 aromatic rings. The zero-order valence-electron chi connectivity index (χ0n) is 19.4. The van der Waals surface area contributed by atoms with Gasteiger partial charge in [0.1, 0.15) is 10.7 Å².